The number of thioether (sulfide) groups is 1. The van der Waals surface area contributed by atoms with Crippen LogP contribution in [-0.2, 0) is 10.5 Å². The van der Waals surface area contributed by atoms with Crippen molar-refractivity contribution in [2.45, 2.75) is 49.1 Å². The van der Waals surface area contributed by atoms with Gasteiger partial charge in [-0.15, -0.1) is 10.2 Å². The molecule has 122 valence electrons. The van der Waals surface area contributed by atoms with Gasteiger partial charge in [-0.1, -0.05) is 67.6 Å². The Bertz CT molecular complexity index is 663. The van der Waals surface area contributed by atoms with Gasteiger partial charge in [0.1, 0.15) is 0 Å². The van der Waals surface area contributed by atoms with Crippen LogP contribution >= 0.6 is 23.1 Å². The number of benzene rings is 1. The number of nitrogens with one attached hydrogen (secondary N) is 1. The number of carbonyl (C=O) groups is 1. The second kappa shape index (κ2) is 7.45. The lowest BCUT2D eigenvalue weighted by Crippen LogP contribution is -2.27. The van der Waals surface area contributed by atoms with Crippen LogP contribution in [0.15, 0.2) is 28.6 Å². The number of nitrogens with zero attached hydrogens (tertiary/aromatic N) is 2. The third-order valence-corrected chi connectivity index (χ3v) is 6.16. The SMILES string of the molecule is CC(C)c1ccc(CSc2nnc(NC(=O)C3CCC3)s2)cc1. The van der Waals surface area contributed by atoms with Gasteiger partial charge >= 0.3 is 0 Å². The molecule has 2 aromatic rings. The molecule has 6 heteroatoms. The van der Waals surface area contributed by atoms with E-state index in [4.69, 9.17) is 0 Å². The molecular formula is C17H21N3OS2. The minimum absolute atomic E-state index is 0.0909. The van der Waals surface area contributed by atoms with Crippen LogP contribution in [0, 0.1) is 5.92 Å². The van der Waals surface area contributed by atoms with E-state index < -0.39 is 0 Å². The lowest BCUT2D eigenvalue weighted by atomic mass is 9.85. The molecule has 1 heterocycles. The maximum Gasteiger partial charge on any atom is 0.229 e. The molecular weight excluding hydrogens is 326 g/mol. The highest BCUT2D eigenvalue weighted by Gasteiger charge is 2.25. The molecule has 0 radical (unpaired) electrons. The van der Waals surface area contributed by atoms with Gasteiger partial charge in [0.15, 0.2) is 4.34 Å². The van der Waals surface area contributed by atoms with Crippen LogP contribution in [-0.4, -0.2) is 16.1 Å². The van der Waals surface area contributed by atoms with Gasteiger partial charge in [-0.05, 0) is 29.9 Å². The van der Waals surface area contributed by atoms with Crippen molar-refractivity contribution in [2.24, 2.45) is 5.92 Å². The van der Waals surface area contributed by atoms with Crippen LogP contribution < -0.4 is 5.32 Å². The predicted molar refractivity (Wildman–Crippen MR) is 96.0 cm³/mol. The molecule has 0 bridgehead atoms. The minimum Gasteiger partial charge on any atom is -0.300 e. The average molecular weight is 348 g/mol. The predicted octanol–water partition coefficient (Wildman–Crippen LogP) is 4.69. The van der Waals surface area contributed by atoms with E-state index in [9.17, 15) is 4.79 Å². The first-order valence-electron chi connectivity index (χ1n) is 7.98. The summed E-state index contributed by atoms with van der Waals surface area (Å²) in [5, 5.41) is 11.7. The maximum atomic E-state index is 11.9. The molecule has 1 aliphatic carbocycles. The molecule has 1 aromatic carbocycles. The molecule has 4 nitrogen and oxygen atoms in total. The van der Waals surface area contributed by atoms with Crippen LogP contribution in [0.25, 0.3) is 0 Å². The Kier molecular flexibility index (Phi) is 5.33. The molecule has 1 amide bonds. The Morgan fingerprint density at radius 1 is 1.30 bits per heavy atom. The number of amides is 1. The summed E-state index contributed by atoms with van der Waals surface area (Å²) in [5.41, 5.74) is 2.63. The molecule has 1 aliphatic rings. The lowest BCUT2D eigenvalue weighted by Gasteiger charge is -2.23. The van der Waals surface area contributed by atoms with E-state index >= 15 is 0 Å². The Hall–Kier alpha value is -1.40. The lowest BCUT2D eigenvalue weighted by molar-refractivity contribution is -0.122. The second-order valence-corrected chi connectivity index (χ2v) is 8.38. The second-order valence-electron chi connectivity index (χ2n) is 6.18. The van der Waals surface area contributed by atoms with Gasteiger partial charge in [0, 0.05) is 11.7 Å². The van der Waals surface area contributed by atoms with Crippen LogP contribution in [0.3, 0.4) is 0 Å². The van der Waals surface area contributed by atoms with E-state index in [0.29, 0.717) is 11.0 Å². The van der Waals surface area contributed by atoms with E-state index in [1.807, 2.05) is 0 Å². The summed E-state index contributed by atoms with van der Waals surface area (Å²) < 4.78 is 0.891. The molecule has 1 aromatic heterocycles. The third-order valence-electron chi connectivity index (χ3n) is 4.12. The van der Waals surface area contributed by atoms with Gasteiger partial charge < -0.3 is 5.32 Å². The van der Waals surface area contributed by atoms with Crippen LogP contribution in [0.5, 0.6) is 0 Å². The number of carbonyl (C=O) groups excluding carboxylic acids is 1. The largest absolute Gasteiger partial charge is 0.300 e. The van der Waals surface area contributed by atoms with Gasteiger partial charge in [0.2, 0.25) is 11.0 Å². The standard InChI is InChI=1S/C17H21N3OS2/c1-11(2)13-8-6-12(7-9-13)10-22-17-20-19-16(23-17)18-15(21)14-4-3-5-14/h6-9,11,14H,3-5,10H2,1-2H3,(H,18,19,21). The van der Waals surface area contributed by atoms with Gasteiger partial charge in [-0.2, -0.15) is 0 Å². The fourth-order valence-corrected chi connectivity index (χ4v) is 4.05. The topological polar surface area (TPSA) is 54.9 Å². The van der Waals surface area contributed by atoms with Crippen LogP contribution in [0.4, 0.5) is 5.13 Å². The molecule has 0 saturated heterocycles. The van der Waals surface area contributed by atoms with Gasteiger partial charge in [-0.25, -0.2) is 0 Å². The number of hydrogen-bond donors (Lipinski definition) is 1. The first kappa shape index (κ1) is 16.5. The Balaban J connectivity index is 1.51. The molecule has 0 aliphatic heterocycles. The van der Waals surface area contributed by atoms with Gasteiger partial charge in [-0.3, -0.25) is 4.79 Å². The summed E-state index contributed by atoms with van der Waals surface area (Å²) in [4.78, 5) is 11.9. The van der Waals surface area contributed by atoms with Gasteiger partial charge in [0.05, 0.1) is 0 Å². The first-order valence-corrected chi connectivity index (χ1v) is 9.78. The summed E-state index contributed by atoms with van der Waals surface area (Å²) >= 11 is 3.11. The third kappa shape index (κ3) is 4.32. The highest BCUT2D eigenvalue weighted by atomic mass is 32.2. The molecule has 0 spiro atoms. The van der Waals surface area contributed by atoms with Crippen molar-refractivity contribution in [3.05, 3.63) is 35.4 Å². The zero-order chi connectivity index (χ0) is 16.2. The molecule has 1 saturated carbocycles. The molecule has 1 N–H and O–H groups in total. The molecule has 3 rings (SSSR count). The van der Waals surface area contributed by atoms with E-state index in [1.54, 1.807) is 11.8 Å². The fourth-order valence-electron chi connectivity index (χ4n) is 2.34. The Morgan fingerprint density at radius 2 is 2.04 bits per heavy atom. The molecule has 1 fully saturated rings. The van der Waals surface area contributed by atoms with Crippen molar-refractivity contribution in [1.82, 2.24) is 10.2 Å². The number of hydrogen-bond acceptors (Lipinski definition) is 5. The molecule has 0 atom stereocenters. The molecule has 23 heavy (non-hydrogen) atoms. The normalized spacial score (nSPS) is 14.7. The average Bonchev–Trinajstić information content (AvgIpc) is 2.91. The maximum absolute atomic E-state index is 11.9. The number of aromatic nitrogens is 2. The number of anilines is 1. The smallest absolute Gasteiger partial charge is 0.229 e. The quantitative estimate of drug-likeness (QED) is 0.608. The van der Waals surface area contributed by atoms with Crippen LogP contribution in [0.1, 0.15) is 50.2 Å². The van der Waals surface area contributed by atoms with E-state index in [0.717, 1.165) is 29.4 Å². The van der Waals surface area contributed by atoms with E-state index in [1.165, 1.54) is 22.5 Å². The van der Waals surface area contributed by atoms with Crippen molar-refractivity contribution in [1.29, 1.82) is 0 Å². The minimum atomic E-state index is 0.0909. The Labute approximate surface area is 145 Å². The first-order chi connectivity index (χ1) is 11.1. The fraction of sp³-hybridized carbons (Fsp3) is 0.471. The number of rotatable bonds is 6. The summed E-state index contributed by atoms with van der Waals surface area (Å²) in [5.74, 6) is 1.69. The highest BCUT2D eigenvalue weighted by molar-refractivity contribution is 8.00. The Morgan fingerprint density at radius 3 is 2.65 bits per heavy atom. The van der Waals surface area contributed by atoms with Crippen molar-refractivity contribution in [3.8, 4) is 0 Å². The zero-order valence-corrected chi connectivity index (χ0v) is 15.0. The highest BCUT2D eigenvalue weighted by Crippen LogP contribution is 2.31. The van der Waals surface area contributed by atoms with Crippen LogP contribution in [0.2, 0.25) is 0 Å². The summed E-state index contributed by atoms with van der Waals surface area (Å²) in [6.45, 7) is 4.40. The van der Waals surface area contributed by atoms with Gasteiger partial charge in [0.25, 0.3) is 0 Å². The zero-order valence-electron chi connectivity index (χ0n) is 13.4. The summed E-state index contributed by atoms with van der Waals surface area (Å²) in [6, 6.07) is 8.71. The van der Waals surface area contributed by atoms with E-state index in [-0.39, 0.29) is 11.8 Å². The summed E-state index contributed by atoms with van der Waals surface area (Å²) in [7, 11) is 0. The van der Waals surface area contributed by atoms with Crippen molar-refractivity contribution in [3.63, 3.8) is 0 Å². The monoisotopic (exact) mass is 347 g/mol. The molecule has 0 unspecified atom stereocenters. The van der Waals surface area contributed by atoms with Crippen molar-refractivity contribution >= 4 is 34.1 Å². The summed E-state index contributed by atoms with van der Waals surface area (Å²) in [6.07, 6.45) is 3.15. The van der Waals surface area contributed by atoms with Crippen molar-refractivity contribution in [2.75, 3.05) is 5.32 Å². The van der Waals surface area contributed by atoms with Crippen molar-refractivity contribution < 1.29 is 4.79 Å². The van der Waals surface area contributed by atoms with E-state index in [2.05, 4.69) is 53.6 Å².